The highest BCUT2D eigenvalue weighted by Gasteiger charge is 2.34. The average Bonchev–Trinajstić information content (AvgIpc) is 2.95. The van der Waals surface area contributed by atoms with Crippen LogP contribution >= 0.6 is 15.9 Å². The summed E-state index contributed by atoms with van der Waals surface area (Å²) in [6.45, 7) is 6.95. The quantitative estimate of drug-likeness (QED) is 0.294. The topological polar surface area (TPSA) is 96.0 Å². The number of ether oxygens (including phenoxy) is 1. The Morgan fingerprint density at radius 1 is 0.975 bits per heavy atom. The minimum atomic E-state index is -4.18. The van der Waals surface area contributed by atoms with E-state index in [2.05, 4.69) is 21.2 Å². The van der Waals surface area contributed by atoms with Gasteiger partial charge in [-0.1, -0.05) is 64.8 Å². The Balaban J connectivity index is 2.06. The molecule has 3 aromatic rings. The number of nitrogens with one attached hydrogen (secondary N) is 1. The van der Waals surface area contributed by atoms with E-state index in [0.29, 0.717) is 5.75 Å². The van der Waals surface area contributed by atoms with E-state index in [9.17, 15) is 18.0 Å². The fourth-order valence-corrected chi connectivity index (χ4v) is 5.71. The van der Waals surface area contributed by atoms with E-state index in [1.165, 1.54) is 24.1 Å². The molecule has 0 heterocycles. The lowest BCUT2D eigenvalue weighted by molar-refractivity contribution is -0.139. The Kier molecular flexibility index (Phi) is 10.8. The molecular formula is C30H36BrN3O5S. The highest BCUT2D eigenvalue weighted by Crippen LogP contribution is 2.32. The highest BCUT2D eigenvalue weighted by atomic mass is 79.9. The fourth-order valence-electron chi connectivity index (χ4n) is 4.02. The van der Waals surface area contributed by atoms with Crippen molar-refractivity contribution in [3.8, 4) is 5.75 Å². The molecule has 10 heteroatoms. The summed E-state index contributed by atoms with van der Waals surface area (Å²) in [5.41, 5.74) is 1.92. The second-order valence-electron chi connectivity index (χ2n) is 9.64. The molecule has 0 aromatic heterocycles. The molecule has 3 rings (SSSR count). The van der Waals surface area contributed by atoms with Crippen LogP contribution in [0.4, 0.5) is 5.69 Å². The van der Waals surface area contributed by atoms with Crippen LogP contribution in [0.1, 0.15) is 38.3 Å². The SMILES string of the molecule is CC[C@H](C)NC(=O)[C@@H](C)N(Cc1ccc(Br)cc1)C(=O)CN(c1ccccc1OC)S(=O)(=O)c1ccc(C)cc1. The molecule has 8 nitrogen and oxygen atoms in total. The predicted octanol–water partition coefficient (Wildman–Crippen LogP) is 5.29. The number of carbonyl (C=O) groups excluding carboxylic acids is 2. The summed E-state index contributed by atoms with van der Waals surface area (Å²) in [6, 6.07) is 19.5. The highest BCUT2D eigenvalue weighted by molar-refractivity contribution is 9.10. The van der Waals surface area contributed by atoms with Gasteiger partial charge in [-0.05, 0) is 69.2 Å². The van der Waals surface area contributed by atoms with Crippen molar-refractivity contribution in [2.24, 2.45) is 0 Å². The lowest BCUT2D eigenvalue weighted by Gasteiger charge is -2.32. The molecule has 0 fully saturated rings. The monoisotopic (exact) mass is 629 g/mol. The summed E-state index contributed by atoms with van der Waals surface area (Å²) < 4.78 is 35.3. The van der Waals surface area contributed by atoms with E-state index < -0.39 is 28.5 Å². The summed E-state index contributed by atoms with van der Waals surface area (Å²) in [4.78, 5) is 28.6. The third kappa shape index (κ3) is 7.63. The number of carbonyl (C=O) groups is 2. The van der Waals surface area contributed by atoms with E-state index >= 15 is 0 Å². The van der Waals surface area contributed by atoms with E-state index in [4.69, 9.17) is 4.74 Å². The van der Waals surface area contributed by atoms with Crippen molar-refractivity contribution in [2.45, 2.75) is 57.6 Å². The molecule has 0 unspecified atom stereocenters. The van der Waals surface area contributed by atoms with Crippen LogP contribution in [0.3, 0.4) is 0 Å². The molecule has 0 spiro atoms. The standard InChI is InChI=1S/C30H36BrN3O5S/c1-6-22(3)32-30(36)23(4)33(19-24-13-15-25(31)16-14-24)29(35)20-34(27-9-7-8-10-28(27)39-5)40(37,38)26-17-11-21(2)12-18-26/h7-18,22-23H,6,19-20H2,1-5H3,(H,32,36)/t22-,23+/m0/s1. The van der Waals surface area contributed by atoms with Gasteiger partial charge in [0.15, 0.2) is 0 Å². The van der Waals surface area contributed by atoms with Gasteiger partial charge in [0.1, 0.15) is 18.3 Å². The number of benzene rings is 3. The third-order valence-corrected chi connectivity index (χ3v) is 8.98. The Morgan fingerprint density at radius 2 is 1.60 bits per heavy atom. The van der Waals surface area contributed by atoms with Gasteiger partial charge in [0, 0.05) is 17.1 Å². The zero-order chi connectivity index (χ0) is 29.4. The number of hydrogen-bond acceptors (Lipinski definition) is 5. The van der Waals surface area contributed by atoms with E-state index in [1.54, 1.807) is 43.3 Å². The number of rotatable bonds is 12. The van der Waals surface area contributed by atoms with Crippen LogP contribution in [0.15, 0.2) is 82.2 Å². The molecule has 214 valence electrons. The maximum Gasteiger partial charge on any atom is 0.264 e. The number of sulfonamides is 1. The molecule has 0 saturated heterocycles. The van der Waals surface area contributed by atoms with Crippen LogP contribution < -0.4 is 14.4 Å². The Bertz CT molecular complexity index is 1410. The molecule has 1 N–H and O–H groups in total. The summed E-state index contributed by atoms with van der Waals surface area (Å²) in [5.74, 6) is -0.547. The molecule has 2 atom stereocenters. The molecular weight excluding hydrogens is 594 g/mol. The number of para-hydroxylation sites is 2. The molecule has 0 bridgehead atoms. The Labute approximate surface area is 245 Å². The van der Waals surface area contributed by atoms with E-state index in [-0.39, 0.29) is 29.1 Å². The summed E-state index contributed by atoms with van der Waals surface area (Å²) >= 11 is 3.42. The second kappa shape index (κ2) is 13.8. The van der Waals surface area contributed by atoms with Crippen molar-refractivity contribution in [3.05, 3.63) is 88.4 Å². The smallest absolute Gasteiger partial charge is 0.264 e. The Hall–Kier alpha value is -3.37. The lowest BCUT2D eigenvalue weighted by Crippen LogP contribution is -2.52. The van der Waals surface area contributed by atoms with Crippen LogP contribution in [-0.2, 0) is 26.2 Å². The molecule has 0 aliphatic rings. The first kappa shape index (κ1) is 31.2. The van der Waals surface area contributed by atoms with Crippen molar-refractivity contribution < 1.29 is 22.7 Å². The first-order chi connectivity index (χ1) is 19.0. The van der Waals surface area contributed by atoms with Crippen LogP contribution in [0.2, 0.25) is 0 Å². The molecule has 0 saturated carbocycles. The third-order valence-electron chi connectivity index (χ3n) is 6.68. The second-order valence-corrected chi connectivity index (χ2v) is 12.4. The van der Waals surface area contributed by atoms with Gasteiger partial charge in [-0.3, -0.25) is 13.9 Å². The first-order valence-corrected chi connectivity index (χ1v) is 15.3. The maximum atomic E-state index is 14.0. The van der Waals surface area contributed by atoms with Gasteiger partial charge in [0.2, 0.25) is 11.8 Å². The number of halogens is 1. The molecule has 0 aliphatic carbocycles. The molecule has 40 heavy (non-hydrogen) atoms. The number of amides is 2. The lowest BCUT2D eigenvalue weighted by atomic mass is 10.1. The first-order valence-electron chi connectivity index (χ1n) is 13.0. The van der Waals surface area contributed by atoms with Crippen LogP contribution in [0.5, 0.6) is 5.75 Å². The van der Waals surface area contributed by atoms with Crippen LogP contribution in [0.25, 0.3) is 0 Å². The maximum absolute atomic E-state index is 14.0. The number of anilines is 1. The summed E-state index contributed by atoms with van der Waals surface area (Å²) in [7, 11) is -2.74. The van der Waals surface area contributed by atoms with Gasteiger partial charge in [0.25, 0.3) is 10.0 Å². The number of nitrogens with zero attached hydrogens (tertiary/aromatic N) is 2. The number of aryl methyl sites for hydroxylation is 1. The number of methoxy groups -OCH3 is 1. The van der Waals surface area contributed by atoms with Crippen molar-refractivity contribution in [1.29, 1.82) is 0 Å². The fraction of sp³-hybridized carbons (Fsp3) is 0.333. The summed E-state index contributed by atoms with van der Waals surface area (Å²) in [5, 5.41) is 2.93. The van der Waals surface area contributed by atoms with Crippen LogP contribution in [0, 0.1) is 6.92 Å². The van der Waals surface area contributed by atoms with Crippen molar-refractivity contribution in [1.82, 2.24) is 10.2 Å². The van der Waals surface area contributed by atoms with Crippen molar-refractivity contribution >= 4 is 43.5 Å². The van der Waals surface area contributed by atoms with E-state index in [0.717, 1.165) is 26.3 Å². The molecule has 2 amide bonds. The zero-order valence-corrected chi connectivity index (χ0v) is 25.8. The van der Waals surface area contributed by atoms with Gasteiger partial charge in [0.05, 0.1) is 17.7 Å². The van der Waals surface area contributed by atoms with Gasteiger partial charge in [-0.2, -0.15) is 0 Å². The van der Waals surface area contributed by atoms with Gasteiger partial charge < -0.3 is 15.0 Å². The van der Waals surface area contributed by atoms with Crippen LogP contribution in [-0.4, -0.2) is 50.9 Å². The largest absolute Gasteiger partial charge is 0.495 e. The van der Waals surface area contributed by atoms with Crippen molar-refractivity contribution in [3.63, 3.8) is 0 Å². The van der Waals surface area contributed by atoms with Gasteiger partial charge in [-0.15, -0.1) is 0 Å². The Morgan fingerprint density at radius 3 is 2.20 bits per heavy atom. The summed E-state index contributed by atoms with van der Waals surface area (Å²) in [6.07, 6.45) is 0.732. The zero-order valence-electron chi connectivity index (χ0n) is 23.4. The molecule has 3 aromatic carbocycles. The van der Waals surface area contributed by atoms with Gasteiger partial charge >= 0.3 is 0 Å². The van der Waals surface area contributed by atoms with E-state index in [1.807, 2.05) is 45.0 Å². The average molecular weight is 631 g/mol. The minimum absolute atomic E-state index is 0.0406. The normalized spacial score (nSPS) is 12.8. The van der Waals surface area contributed by atoms with Gasteiger partial charge in [-0.25, -0.2) is 8.42 Å². The number of hydrogen-bond donors (Lipinski definition) is 1. The molecule has 0 aliphatic heterocycles. The molecule has 0 radical (unpaired) electrons. The van der Waals surface area contributed by atoms with Crippen molar-refractivity contribution in [2.75, 3.05) is 18.0 Å². The minimum Gasteiger partial charge on any atom is -0.495 e. The predicted molar refractivity (Wildman–Crippen MR) is 161 cm³/mol.